The molecule has 0 saturated carbocycles. The van der Waals surface area contributed by atoms with E-state index in [0.717, 1.165) is 4.31 Å². The van der Waals surface area contributed by atoms with Crippen LogP contribution in [0.2, 0.25) is 5.02 Å². The van der Waals surface area contributed by atoms with Gasteiger partial charge in [0.25, 0.3) is 0 Å². The molecule has 0 spiro atoms. The first-order valence-electron chi connectivity index (χ1n) is 6.34. The van der Waals surface area contributed by atoms with Gasteiger partial charge in [-0.1, -0.05) is 41.9 Å². The molecule has 0 saturated heterocycles. The molecule has 2 aromatic carbocycles. The highest BCUT2D eigenvalue weighted by molar-refractivity contribution is 7.92. The third kappa shape index (κ3) is 3.58. The van der Waals surface area contributed by atoms with Gasteiger partial charge < -0.3 is 5.11 Å². The van der Waals surface area contributed by atoms with Crippen molar-refractivity contribution in [2.45, 2.75) is 5.75 Å². The van der Waals surface area contributed by atoms with E-state index in [4.69, 9.17) is 11.6 Å². The van der Waals surface area contributed by atoms with Crippen molar-refractivity contribution in [3.63, 3.8) is 0 Å². The Morgan fingerprint density at radius 3 is 2.41 bits per heavy atom. The number of carboxylic acids is 1. The van der Waals surface area contributed by atoms with Crippen LogP contribution in [0, 0.1) is 0 Å². The lowest BCUT2D eigenvalue weighted by atomic mass is 10.2. The molecule has 0 aromatic heterocycles. The monoisotopic (exact) mass is 339 g/mol. The largest absolute Gasteiger partial charge is 0.478 e. The number of halogens is 1. The van der Waals surface area contributed by atoms with E-state index in [9.17, 15) is 18.3 Å². The van der Waals surface area contributed by atoms with Gasteiger partial charge in [-0.05, 0) is 23.8 Å². The van der Waals surface area contributed by atoms with Crippen LogP contribution in [-0.2, 0) is 15.8 Å². The fourth-order valence-corrected chi connectivity index (χ4v) is 3.40. The van der Waals surface area contributed by atoms with Crippen molar-refractivity contribution in [3.05, 3.63) is 64.7 Å². The zero-order valence-electron chi connectivity index (χ0n) is 11.7. The molecule has 0 aliphatic heterocycles. The molecule has 2 aromatic rings. The lowest BCUT2D eigenvalue weighted by molar-refractivity contribution is 0.0698. The average Bonchev–Trinajstić information content (AvgIpc) is 2.46. The molecule has 0 aliphatic carbocycles. The zero-order valence-corrected chi connectivity index (χ0v) is 13.3. The molecule has 0 heterocycles. The number of sulfonamides is 1. The topological polar surface area (TPSA) is 74.7 Å². The molecular weight excluding hydrogens is 326 g/mol. The van der Waals surface area contributed by atoms with Crippen molar-refractivity contribution in [3.8, 4) is 0 Å². The summed E-state index contributed by atoms with van der Waals surface area (Å²) < 4.78 is 25.9. The van der Waals surface area contributed by atoms with Crippen molar-refractivity contribution < 1.29 is 18.3 Å². The zero-order chi connectivity index (χ0) is 16.3. The normalized spacial score (nSPS) is 11.2. The minimum Gasteiger partial charge on any atom is -0.478 e. The third-order valence-electron chi connectivity index (χ3n) is 3.14. The van der Waals surface area contributed by atoms with Crippen LogP contribution in [0.4, 0.5) is 5.69 Å². The van der Waals surface area contributed by atoms with Crippen molar-refractivity contribution >= 4 is 33.3 Å². The number of anilines is 1. The first-order chi connectivity index (χ1) is 10.3. The van der Waals surface area contributed by atoms with Gasteiger partial charge in [-0.3, -0.25) is 4.31 Å². The second-order valence-corrected chi connectivity index (χ2v) is 7.11. The van der Waals surface area contributed by atoms with E-state index in [2.05, 4.69) is 0 Å². The van der Waals surface area contributed by atoms with Crippen molar-refractivity contribution in [1.82, 2.24) is 0 Å². The summed E-state index contributed by atoms with van der Waals surface area (Å²) in [5, 5.41) is 9.46. The smallest absolute Gasteiger partial charge is 0.337 e. The Kier molecular flexibility index (Phi) is 4.73. The lowest BCUT2D eigenvalue weighted by Gasteiger charge is -2.21. The van der Waals surface area contributed by atoms with Crippen molar-refractivity contribution in [2.75, 3.05) is 11.4 Å². The molecule has 0 atom stereocenters. The molecule has 0 fully saturated rings. The fourth-order valence-electron chi connectivity index (χ4n) is 1.98. The van der Waals surface area contributed by atoms with Crippen LogP contribution in [0.3, 0.4) is 0 Å². The highest BCUT2D eigenvalue weighted by Crippen LogP contribution is 2.27. The van der Waals surface area contributed by atoms with Crippen LogP contribution in [0.5, 0.6) is 0 Å². The molecule has 0 bridgehead atoms. The minimum absolute atomic E-state index is 0.0379. The SMILES string of the molecule is CN(c1cc(Cl)ccc1C(=O)O)S(=O)(=O)Cc1ccccc1. The minimum atomic E-state index is -3.73. The van der Waals surface area contributed by atoms with Gasteiger partial charge in [0, 0.05) is 12.1 Å². The Bertz CT molecular complexity index is 790. The Balaban J connectivity index is 2.40. The molecule has 0 aliphatic rings. The molecule has 116 valence electrons. The molecule has 0 unspecified atom stereocenters. The first kappa shape index (κ1) is 16.3. The van der Waals surface area contributed by atoms with Crippen LogP contribution in [0.15, 0.2) is 48.5 Å². The number of hydrogen-bond acceptors (Lipinski definition) is 3. The Morgan fingerprint density at radius 1 is 1.18 bits per heavy atom. The van der Waals surface area contributed by atoms with Gasteiger partial charge in [-0.15, -0.1) is 0 Å². The molecule has 0 amide bonds. The Labute approximate surface area is 133 Å². The number of aromatic carboxylic acids is 1. The maximum atomic E-state index is 12.5. The summed E-state index contributed by atoms with van der Waals surface area (Å²) in [6, 6.07) is 12.7. The molecule has 7 heteroatoms. The summed E-state index contributed by atoms with van der Waals surface area (Å²) in [5.41, 5.74) is 0.535. The van der Waals surface area contributed by atoms with Crippen molar-refractivity contribution in [2.24, 2.45) is 0 Å². The Hall–Kier alpha value is -2.05. The van der Waals surface area contributed by atoms with Gasteiger partial charge in [0.05, 0.1) is 17.0 Å². The first-order valence-corrected chi connectivity index (χ1v) is 8.33. The van der Waals surface area contributed by atoms with E-state index < -0.39 is 16.0 Å². The second-order valence-electron chi connectivity index (χ2n) is 4.68. The molecule has 0 radical (unpaired) electrons. The number of hydrogen-bond donors (Lipinski definition) is 1. The van der Waals surface area contributed by atoms with Crippen molar-refractivity contribution in [1.29, 1.82) is 0 Å². The molecule has 22 heavy (non-hydrogen) atoms. The summed E-state index contributed by atoms with van der Waals surface area (Å²) in [6.07, 6.45) is 0. The van der Waals surface area contributed by atoms with Gasteiger partial charge in [-0.2, -0.15) is 0 Å². The van der Waals surface area contributed by atoms with Crippen LogP contribution in [0.1, 0.15) is 15.9 Å². The van der Waals surface area contributed by atoms with E-state index in [1.807, 2.05) is 0 Å². The van der Waals surface area contributed by atoms with E-state index in [0.29, 0.717) is 5.56 Å². The van der Waals surface area contributed by atoms with Crippen LogP contribution >= 0.6 is 11.6 Å². The summed E-state index contributed by atoms with van der Waals surface area (Å²) in [6.45, 7) is 0. The summed E-state index contributed by atoms with van der Waals surface area (Å²) in [5.74, 6) is -1.44. The van der Waals surface area contributed by atoms with Gasteiger partial charge in [0.1, 0.15) is 0 Å². The van der Waals surface area contributed by atoms with Crippen LogP contribution in [-0.4, -0.2) is 26.5 Å². The number of rotatable bonds is 5. The number of benzene rings is 2. The average molecular weight is 340 g/mol. The molecule has 1 N–H and O–H groups in total. The number of carbonyl (C=O) groups is 1. The maximum absolute atomic E-state index is 12.5. The van der Waals surface area contributed by atoms with Gasteiger partial charge in [0.2, 0.25) is 10.0 Å². The van der Waals surface area contributed by atoms with E-state index in [1.165, 1.54) is 25.2 Å². The second kappa shape index (κ2) is 6.37. The van der Waals surface area contributed by atoms with E-state index in [-0.39, 0.29) is 22.0 Å². The standard InChI is InChI=1S/C15H14ClNO4S/c1-17(14-9-12(16)7-8-13(14)15(18)19)22(20,21)10-11-5-3-2-4-6-11/h2-9H,10H2,1H3,(H,18,19). The fraction of sp³-hybridized carbons (Fsp3) is 0.133. The summed E-state index contributed by atoms with van der Waals surface area (Å²) in [4.78, 5) is 11.3. The molecular formula is C15H14ClNO4S. The summed E-state index contributed by atoms with van der Waals surface area (Å²) in [7, 11) is -2.41. The highest BCUT2D eigenvalue weighted by atomic mass is 35.5. The van der Waals surface area contributed by atoms with Gasteiger partial charge in [0.15, 0.2) is 0 Å². The Morgan fingerprint density at radius 2 is 1.82 bits per heavy atom. The van der Waals surface area contributed by atoms with Crippen LogP contribution in [0.25, 0.3) is 0 Å². The number of nitrogens with zero attached hydrogens (tertiary/aromatic N) is 1. The van der Waals surface area contributed by atoms with E-state index >= 15 is 0 Å². The number of carboxylic acid groups (broad SMARTS) is 1. The molecule has 2 rings (SSSR count). The van der Waals surface area contributed by atoms with Crippen LogP contribution < -0.4 is 4.31 Å². The maximum Gasteiger partial charge on any atom is 0.337 e. The highest BCUT2D eigenvalue weighted by Gasteiger charge is 2.23. The van der Waals surface area contributed by atoms with Gasteiger partial charge in [-0.25, -0.2) is 13.2 Å². The van der Waals surface area contributed by atoms with Gasteiger partial charge >= 0.3 is 5.97 Å². The quantitative estimate of drug-likeness (QED) is 0.908. The molecule has 5 nitrogen and oxygen atoms in total. The predicted molar refractivity (Wildman–Crippen MR) is 85.9 cm³/mol. The lowest BCUT2D eigenvalue weighted by Crippen LogP contribution is -2.29. The summed E-state index contributed by atoms with van der Waals surface area (Å²) >= 11 is 5.86. The third-order valence-corrected chi connectivity index (χ3v) is 5.10. The predicted octanol–water partition coefficient (Wildman–Crippen LogP) is 3.00. The van der Waals surface area contributed by atoms with E-state index in [1.54, 1.807) is 30.3 Å².